The van der Waals surface area contributed by atoms with Crippen molar-refractivity contribution in [3.63, 3.8) is 0 Å². The number of hydrogen-bond donors (Lipinski definition) is 1. The summed E-state index contributed by atoms with van der Waals surface area (Å²) in [5.74, 6) is 0.422. The van der Waals surface area contributed by atoms with Gasteiger partial charge in [-0.25, -0.2) is 4.98 Å². The Morgan fingerprint density at radius 1 is 1.33 bits per heavy atom. The molecule has 0 aromatic carbocycles. The fourth-order valence-electron chi connectivity index (χ4n) is 1.18. The molecule has 5 heteroatoms. The second-order valence-electron chi connectivity index (χ2n) is 3.71. The number of hydrogen-bond acceptors (Lipinski definition) is 5. The van der Waals surface area contributed by atoms with Crippen molar-refractivity contribution < 1.29 is 0 Å². The summed E-state index contributed by atoms with van der Waals surface area (Å²) < 4.78 is 0. The molecule has 2 N–H and O–H groups in total. The lowest BCUT2D eigenvalue weighted by molar-refractivity contribution is 0.512. The van der Waals surface area contributed by atoms with Crippen molar-refractivity contribution in [1.29, 1.82) is 0 Å². The molecule has 0 bridgehead atoms. The first-order chi connectivity index (χ1) is 7.18. The van der Waals surface area contributed by atoms with Crippen molar-refractivity contribution in [2.75, 3.05) is 0 Å². The second kappa shape index (κ2) is 4.38. The standard InChI is InChI=1S/C10H13N3S2/c1-6(2)9(11)10-13-7(4-14-10)8-3-12-5-15-8/h3-6,9H,11H2,1-2H3. The zero-order chi connectivity index (χ0) is 10.8. The summed E-state index contributed by atoms with van der Waals surface area (Å²) in [6.45, 7) is 4.22. The molecule has 0 saturated heterocycles. The van der Waals surface area contributed by atoms with Crippen LogP contribution in [0.5, 0.6) is 0 Å². The van der Waals surface area contributed by atoms with Gasteiger partial charge in [0.15, 0.2) is 0 Å². The SMILES string of the molecule is CC(C)C(N)c1nc(-c2cncs2)cs1. The first-order valence-corrected chi connectivity index (χ1v) is 6.54. The van der Waals surface area contributed by atoms with E-state index >= 15 is 0 Å². The van der Waals surface area contributed by atoms with Crippen LogP contribution in [0.25, 0.3) is 10.6 Å². The van der Waals surface area contributed by atoms with E-state index in [1.54, 1.807) is 22.7 Å². The highest BCUT2D eigenvalue weighted by Crippen LogP contribution is 2.29. The van der Waals surface area contributed by atoms with E-state index in [9.17, 15) is 0 Å². The lowest BCUT2D eigenvalue weighted by Gasteiger charge is -2.11. The van der Waals surface area contributed by atoms with E-state index in [1.807, 2.05) is 17.1 Å². The molecule has 0 aliphatic heterocycles. The van der Waals surface area contributed by atoms with Gasteiger partial charge in [-0.05, 0) is 5.92 Å². The summed E-state index contributed by atoms with van der Waals surface area (Å²) in [6, 6.07) is 0.0386. The van der Waals surface area contributed by atoms with Crippen LogP contribution in [-0.2, 0) is 0 Å². The van der Waals surface area contributed by atoms with Gasteiger partial charge in [0, 0.05) is 11.6 Å². The van der Waals surface area contributed by atoms with Crippen molar-refractivity contribution in [3.05, 3.63) is 22.1 Å². The van der Waals surface area contributed by atoms with Crippen LogP contribution in [0.4, 0.5) is 0 Å². The van der Waals surface area contributed by atoms with Crippen LogP contribution in [0.2, 0.25) is 0 Å². The van der Waals surface area contributed by atoms with Crippen LogP contribution in [0, 0.1) is 5.92 Å². The molecule has 1 atom stereocenters. The maximum atomic E-state index is 6.04. The predicted molar refractivity (Wildman–Crippen MR) is 65.0 cm³/mol. The number of nitrogens with zero attached hydrogens (tertiary/aromatic N) is 2. The Bertz CT molecular complexity index is 420. The fraction of sp³-hybridized carbons (Fsp3) is 0.400. The fourth-order valence-corrected chi connectivity index (χ4v) is 2.83. The highest BCUT2D eigenvalue weighted by molar-refractivity contribution is 7.14. The largest absolute Gasteiger partial charge is 0.322 e. The molecule has 2 aromatic rings. The highest BCUT2D eigenvalue weighted by atomic mass is 32.1. The molecule has 0 fully saturated rings. The van der Waals surface area contributed by atoms with E-state index < -0.39 is 0 Å². The van der Waals surface area contributed by atoms with Gasteiger partial charge >= 0.3 is 0 Å². The molecule has 1 unspecified atom stereocenters. The molecule has 0 saturated carbocycles. The summed E-state index contributed by atoms with van der Waals surface area (Å²) in [6.07, 6.45) is 1.84. The summed E-state index contributed by atoms with van der Waals surface area (Å²) >= 11 is 3.23. The average molecular weight is 239 g/mol. The molecular weight excluding hydrogens is 226 g/mol. The van der Waals surface area contributed by atoms with Crippen LogP contribution in [0.15, 0.2) is 17.1 Å². The highest BCUT2D eigenvalue weighted by Gasteiger charge is 2.15. The topological polar surface area (TPSA) is 51.8 Å². The summed E-state index contributed by atoms with van der Waals surface area (Å²) in [7, 11) is 0. The predicted octanol–water partition coefficient (Wildman–Crippen LogP) is 2.92. The van der Waals surface area contributed by atoms with E-state index in [4.69, 9.17) is 5.73 Å². The molecule has 80 valence electrons. The molecule has 3 nitrogen and oxygen atoms in total. The quantitative estimate of drug-likeness (QED) is 0.896. The van der Waals surface area contributed by atoms with Gasteiger partial charge in [-0.2, -0.15) is 0 Å². The van der Waals surface area contributed by atoms with Crippen LogP contribution < -0.4 is 5.73 Å². The van der Waals surface area contributed by atoms with Gasteiger partial charge in [-0.15, -0.1) is 22.7 Å². The Kier molecular flexibility index (Phi) is 3.14. The molecule has 2 heterocycles. The van der Waals surface area contributed by atoms with E-state index in [1.165, 1.54) is 0 Å². The van der Waals surface area contributed by atoms with Crippen molar-refractivity contribution >= 4 is 22.7 Å². The van der Waals surface area contributed by atoms with Crippen LogP contribution in [0.1, 0.15) is 24.9 Å². The smallest absolute Gasteiger partial charge is 0.110 e. The van der Waals surface area contributed by atoms with Crippen molar-refractivity contribution in [1.82, 2.24) is 9.97 Å². The minimum Gasteiger partial charge on any atom is -0.322 e. The lowest BCUT2D eigenvalue weighted by atomic mass is 10.1. The minimum absolute atomic E-state index is 0.0386. The van der Waals surface area contributed by atoms with Crippen LogP contribution in [-0.4, -0.2) is 9.97 Å². The Labute approximate surface area is 97.0 Å². The third-order valence-electron chi connectivity index (χ3n) is 2.21. The Morgan fingerprint density at radius 2 is 2.13 bits per heavy atom. The number of thiazole rings is 2. The molecule has 0 aliphatic carbocycles. The molecule has 0 amide bonds. The molecule has 0 aliphatic rings. The maximum Gasteiger partial charge on any atom is 0.110 e. The van der Waals surface area contributed by atoms with Gasteiger partial charge in [0.2, 0.25) is 0 Å². The Balaban J connectivity index is 2.25. The normalized spacial score (nSPS) is 13.3. The molecule has 2 rings (SSSR count). The lowest BCUT2D eigenvalue weighted by Crippen LogP contribution is -2.16. The first kappa shape index (κ1) is 10.7. The zero-order valence-electron chi connectivity index (χ0n) is 8.68. The minimum atomic E-state index is 0.0386. The first-order valence-electron chi connectivity index (χ1n) is 4.78. The van der Waals surface area contributed by atoms with E-state index in [2.05, 4.69) is 23.8 Å². The maximum absolute atomic E-state index is 6.04. The summed E-state index contributed by atoms with van der Waals surface area (Å²) in [5.41, 5.74) is 8.85. The van der Waals surface area contributed by atoms with Gasteiger partial charge in [0.25, 0.3) is 0 Å². The average Bonchev–Trinajstić information content (AvgIpc) is 2.86. The molecule has 15 heavy (non-hydrogen) atoms. The number of nitrogens with two attached hydrogens (primary N) is 1. The molecule has 0 radical (unpaired) electrons. The van der Waals surface area contributed by atoms with Gasteiger partial charge in [0.1, 0.15) is 5.01 Å². The van der Waals surface area contributed by atoms with Gasteiger partial charge in [-0.1, -0.05) is 13.8 Å². The zero-order valence-corrected chi connectivity index (χ0v) is 10.3. The molecule has 0 spiro atoms. The summed E-state index contributed by atoms with van der Waals surface area (Å²) in [5, 5.41) is 3.05. The third kappa shape index (κ3) is 2.25. The van der Waals surface area contributed by atoms with Crippen molar-refractivity contribution in [2.45, 2.75) is 19.9 Å². The van der Waals surface area contributed by atoms with E-state index in [0.717, 1.165) is 15.6 Å². The van der Waals surface area contributed by atoms with Gasteiger partial charge in [-0.3, -0.25) is 4.98 Å². The Morgan fingerprint density at radius 3 is 2.73 bits per heavy atom. The Hall–Kier alpha value is -0.780. The third-order valence-corrected chi connectivity index (χ3v) is 3.95. The van der Waals surface area contributed by atoms with Crippen LogP contribution >= 0.6 is 22.7 Å². The van der Waals surface area contributed by atoms with Gasteiger partial charge in [0.05, 0.1) is 22.1 Å². The van der Waals surface area contributed by atoms with Crippen LogP contribution in [0.3, 0.4) is 0 Å². The second-order valence-corrected chi connectivity index (χ2v) is 5.48. The van der Waals surface area contributed by atoms with E-state index in [0.29, 0.717) is 5.92 Å². The summed E-state index contributed by atoms with van der Waals surface area (Å²) in [4.78, 5) is 9.68. The van der Waals surface area contributed by atoms with Crippen molar-refractivity contribution in [2.24, 2.45) is 11.7 Å². The number of aromatic nitrogens is 2. The van der Waals surface area contributed by atoms with Crippen molar-refractivity contribution in [3.8, 4) is 10.6 Å². The monoisotopic (exact) mass is 239 g/mol. The van der Waals surface area contributed by atoms with Gasteiger partial charge < -0.3 is 5.73 Å². The van der Waals surface area contributed by atoms with E-state index in [-0.39, 0.29) is 6.04 Å². The molecular formula is C10H13N3S2. The molecule has 2 aromatic heterocycles. The number of rotatable bonds is 3.